The summed E-state index contributed by atoms with van der Waals surface area (Å²) < 4.78 is 0. The van der Waals surface area contributed by atoms with Crippen molar-refractivity contribution in [2.24, 2.45) is 17.2 Å². The summed E-state index contributed by atoms with van der Waals surface area (Å²) in [7, 11) is 0. The fourth-order valence-electron chi connectivity index (χ4n) is 0.997. The third-order valence-electron chi connectivity index (χ3n) is 1.63. The first-order valence-electron chi connectivity index (χ1n) is 4.45. The predicted molar refractivity (Wildman–Crippen MR) is 53.4 cm³/mol. The van der Waals surface area contributed by atoms with Gasteiger partial charge in [0.1, 0.15) is 0 Å². The molecule has 0 aromatic rings. The van der Waals surface area contributed by atoms with Crippen LogP contribution in [-0.4, -0.2) is 41.6 Å². The zero-order chi connectivity index (χ0) is 12.7. The number of primary amides is 3. The van der Waals surface area contributed by atoms with Crippen molar-refractivity contribution in [2.45, 2.75) is 12.8 Å². The number of hydrogen-bond donors (Lipinski definition) is 3. The van der Waals surface area contributed by atoms with Crippen molar-refractivity contribution in [2.75, 3.05) is 13.1 Å². The minimum Gasteiger partial charge on any atom is -0.370 e. The third kappa shape index (κ3) is 6.35. The lowest BCUT2D eigenvalue weighted by Gasteiger charge is -2.18. The van der Waals surface area contributed by atoms with Gasteiger partial charge in [0.15, 0.2) is 0 Å². The molecule has 0 aliphatic rings. The second-order valence-electron chi connectivity index (χ2n) is 3.15. The summed E-state index contributed by atoms with van der Waals surface area (Å²) in [5.41, 5.74) is 14.6. The second kappa shape index (κ2) is 6.38. The first kappa shape index (κ1) is 13.9. The first-order valence-corrected chi connectivity index (χ1v) is 4.45. The Bertz CT molecular complexity index is 299. The Hall–Kier alpha value is -2.12. The number of nitrogens with zero attached hydrogens (tertiary/aromatic N) is 1. The van der Waals surface area contributed by atoms with E-state index < -0.39 is 36.7 Å². The molecule has 0 saturated heterocycles. The molecule has 0 saturated carbocycles. The van der Waals surface area contributed by atoms with Crippen LogP contribution in [0.1, 0.15) is 12.8 Å². The van der Waals surface area contributed by atoms with Gasteiger partial charge in [0.25, 0.3) is 0 Å². The summed E-state index contributed by atoms with van der Waals surface area (Å²) in [6.45, 7) is -0.832. The summed E-state index contributed by atoms with van der Waals surface area (Å²) in [5.74, 6) is -2.76. The van der Waals surface area contributed by atoms with Crippen LogP contribution in [0.3, 0.4) is 0 Å². The maximum Gasteiger partial charge on any atom is 0.237 e. The smallest absolute Gasteiger partial charge is 0.237 e. The van der Waals surface area contributed by atoms with Gasteiger partial charge in [0.2, 0.25) is 23.6 Å². The maximum absolute atomic E-state index is 11.4. The highest BCUT2D eigenvalue weighted by molar-refractivity contribution is 5.89. The molecule has 0 aliphatic heterocycles. The highest BCUT2D eigenvalue weighted by Crippen LogP contribution is 1.97. The summed E-state index contributed by atoms with van der Waals surface area (Å²) in [4.78, 5) is 44.0. The summed E-state index contributed by atoms with van der Waals surface area (Å²) in [5, 5.41) is 0. The van der Waals surface area contributed by atoms with Crippen molar-refractivity contribution in [1.82, 2.24) is 4.90 Å². The lowest BCUT2D eigenvalue weighted by Crippen LogP contribution is -2.43. The molecule has 6 N–H and O–H groups in total. The number of nitrogens with two attached hydrogens (primary N) is 3. The molecular weight excluding hydrogens is 216 g/mol. The van der Waals surface area contributed by atoms with E-state index in [4.69, 9.17) is 17.2 Å². The lowest BCUT2D eigenvalue weighted by molar-refractivity contribution is -0.138. The SMILES string of the molecule is NC(=O)CCC(=O)N(CC(N)=O)CC(N)=O. The van der Waals surface area contributed by atoms with E-state index in [9.17, 15) is 19.2 Å². The van der Waals surface area contributed by atoms with Crippen molar-refractivity contribution >= 4 is 23.6 Å². The highest BCUT2D eigenvalue weighted by Gasteiger charge is 2.18. The van der Waals surface area contributed by atoms with Gasteiger partial charge in [-0.05, 0) is 0 Å². The summed E-state index contributed by atoms with van der Waals surface area (Å²) >= 11 is 0. The maximum atomic E-state index is 11.4. The van der Waals surface area contributed by atoms with Crippen molar-refractivity contribution in [1.29, 1.82) is 0 Å². The van der Waals surface area contributed by atoms with Gasteiger partial charge in [-0.2, -0.15) is 0 Å². The van der Waals surface area contributed by atoms with Crippen LogP contribution in [0.5, 0.6) is 0 Å². The molecular formula is C8H14N4O4. The van der Waals surface area contributed by atoms with Crippen LogP contribution in [0.15, 0.2) is 0 Å². The van der Waals surface area contributed by atoms with Gasteiger partial charge in [-0.25, -0.2) is 0 Å². The number of hydrogen-bond acceptors (Lipinski definition) is 4. The van der Waals surface area contributed by atoms with Crippen molar-refractivity contribution in [3.63, 3.8) is 0 Å². The van der Waals surface area contributed by atoms with E-state index in [1.54, 1.807) is 0 Å². The van der Waals surface area contributed by atoms with Gasteiger partial charge >= 0.3 is 0 Å². The molecule has 0 fully saturated rings. The molecule has 0 atom stereocenters. The molecule has 0 spiro atoms. The van der Waals surface area contributed by atoms with Crippen LogP contribution in [0, 0.1) is 0 Å². The molecule has 0 rings (SSSR count). The molecule has 4 amide bonds. The Morgan fingerprint density at radius 3 is 1.50 bits per heavy atom. The molecule has 0 bridgehead atoms. The van der Waals surface area contributed by atoms with E-state index in [2.05, 4.69) is 0 Å². The van der Waals surface area contributed by atoms with E-state index >= 15 is 0 Å². The van der Waals surface area contributed by atoms with E-state index in [-0.39, 0.29) is 12.8 Å². The Labute approximate surface area is 91.7 Å². The fraction of sp³-hybridized carbons (Fsp3) is 0.500. The van der Waals surface area contributed by atoms with Crippen LogP contribution < -0.4 is 17.2 Å². The minimum absolute atomic E-state index is 0.160. The fourth-order valence-corrected chi connectivity index (χ4v) is 0.997. The Balaban J connectivity index is 4.36. The molecule has 0 unspecified atom stereocenters. The number of carbonyl (C=O) groups is 4. The molecule has 8 nitrogen and oxygen atoms in total. The van der Waals surface area contributed by atoms with E-state index in [0.29, 0.717) is 0 Å². The van der Waals surface area contributed by atoms with Crippen molar-refractivity contribution < 1.29 is 19.2 Å². The average molecular weight is 230 g/mol. The average Bonchev–Trinajstić information content (AvgIpc) is 2.11. The van der Waals surface area contributed by atoms with Gasteiger partial charge in [0.05, 0.1) is 13.1 Å². The quantitative estimate of drug-likeness (QED) is 0.428. The van der Waals surface area contributed by atoms with Gasteiger partial charge in [0, 0.05) is 12.8 Å². The Morgan fingerprint density at radius 1 is 0.750 bits per heavy atom. The monoisotopic (exact) mass is 230 g/mol. The molecule has 0 radical (unpaired) electrons. The van der Waals surface area contributed by atoms with Crippen LogP contribution in [0.2, 0.25) is 0 Å². The van der Waals surface area contributed by atoms with Crippen molar-refractivity contribution in [3.05, 3.63) is 0 Å². The molecule has 0 aromatic heterocycles. The van der Waals surface area contributed by atoms with Gasteiger partial charge in [-0.15, -0.1) is 0 Å². The topological polar surface area (TPSA) is 150 Å². The first-order chi connectivity index (χ1) is 7.32. The van der Waals surface area contributed by atoms with Gasteiger partial charge in [-0.3, -0.25) is 19.2 Å². The standard InChI is InChI=1S/C8H14N4O4/c9-5(13)1-2-8(16)12(3-6(10)14)4-7(11)15/h1-4H2,(H2,9,13)(H2,10,14)(H2,11,15). The second-order valence-corrected chi connectivity index (χ2v) is 3.15. The molecule has 16 heavy (non-hydrogen) atoms. The molecule has 0 aliphatic carbocycles. The van der Waals surface area contributed by atoms with E-state index in [0.717, 1.165) is 4.90 Å². The van der Waals surface area contributed by atoms with E-state index in [1.165, 1.54) is 0 Å². The zero-order valence-corrected chi connectivity index (χ0v) is 8.64. The Morgan fingerprint density at radius 2 is 1.19 bits per heavy atom. The summed E-state index contributed by atoms with van der Waals surface area (Å²) in [6.07, 6.45) is -0.344. The third-order valence-corrected chi connectivity index (χ3v) is 1.63. The van der Waals surface area contributed by atoms with Crippen molar-refractivity contribution in [3.8, 4) is 0 Å². The largest absolute Gasteiger partial charge is 0.370 e. The Kier molecular flexibility index (Phi) is 5.53. The predicted octanol–water partition coefficient (Wildman–Crippen LogP) is -2.95. The van der Waals surface area contributed by atoms with Crippen LogP contribution in [0.4, 0.5) is 0 Å². The van der Waals surface area contributed by atoms with E-state index in [1.807, 2.05) is 0 Å². The molecule has 0 heterocycles. The highest BCUT2D eigenvalue weighted by atomic mass is 16.2. The van der Waals surface area contributed by atoms with Crippen LogP contribution in [-0.2, 0) is 19.2 Å². The number of carbonyl (C=O) groups excluding carboxylic acids is 4. The van der Waals surface area contributed by atoms with Gasteiger partial charge in [-0.1, -0.05) is 0 Å². The van der Waals surface area contributed by atoms with Gasteiger partial charge < -0.3 is 22.1 Å². The minimum atomic E-state index is -0.770. The van der Waals surface area contributed by atoms with Crippen LogP contribution >= 0.6 is 0 Å². The molecule has 90 valence electrons. The molecule has 8 heteroatoms. The normalized spacial score (nSPS) is 9.50. The zero-order valence-electron chi connectivity index (χ0n) is 8.64. The number of rotatable bonds is 7. The lowest BCUT2D eigenvalue weighted by atomic mass is 10.2. The molecule has 0 aromatic carbocycles. The summed E-state index contributed by atoms with van der Waals surface area (Å²) in [6, 6.07) is 0. The van der Waals surface area contributed by atoms with Crippen LogP contribution in [0.25, 0.3) is 0 Å². The number of amides is 4.